The molecule has 0 spiro atoms. The fourth-order valence-corrected chi connectivity index (χ4v) is 2.10. The predicted molar refractivity (Wildman–Crippen MR) is 75.0 cm³/mol. The van der Waals surface area contributed by atoms with Crippen LogP contribution >= 0.6 is 15.9 Å². The Hall–Kier alpha value is -0.540. The quantitative estimate of drug-likeness (QED) is 0.919. The Kier molecular flexibility index (Phi) is 4.39. The van der Waals surface area contributed by atoms with Gasteiger partial charge in [-0.1, -0.05) is 15.9 Å². The summed E-state index contributed by atoms with van der Waals surface area (Å²) >= 11 is 3.48. The number of aryl methyl sites for hydroxylation is 1. The standard InChI is InChI=1S/C13H21BrN2/c1-10-9-11(14)5-6-12(10)16(4)8-7-13(2,3)15/h5-6,9H,7-8,15H2,1-4H3. The van der Waals surface area contributed by atoms with Gasteiger partial charge in [0, 0.05) is 29.3 Å². The highest BCUT2D eigenvalue weighted by Crippen LogP contribution is 2.23. The van der Waals surface area contributed by atoms with Gasteiger partial charge in [-0.05, 0) is 51.0 Å². The van der Waals surface area contributed by atoms with Gasteiger partial charge in [-0.2, -0.15) is 0 Å². The van der Waals surface area contributed by atoms with E-state index in [4.69, 9.17) is 5.73 Å². The van der Waals surface area contributed by atoms with E-state index >= 15 is 0 Å². The molecule has 0 atom stereocenters. The first-order valence-corrected chi connectivity index (χ1v) is 6.35. The van der Waals surface area contributed by atoms with Crippen LogP contribution in [0.15, 0.2) is 22.7 Å². The summed E-state index contributed by atoms with van der Waals surface area (Å²) in [7, 11) is 2.11. The molecule has 1 aromatic carbocycles. The van der Waals surface area contributed by atoms with E-state index in [0.29, 0.717) is 0 Å². The van der Waals surface area contributed by atoms with Crippen LogP contribution < -0.4 is 10.6 Å². The lowest BCUT2D eigenvalue weighted by Crippen LogP contribution is -2.36. The molecule has 0 aliphatic heterocycles. The van der Waals surface area contributed by atoms with Crippen molar-refractivity contribution in [2.75, 3.05) is 18.5 Å². The maximum absolute atomic E-state index is 5.99. The van der Waals surface area contributed by atoms with Gasteiger partial charge < -0.3 is 10.6 Å². The molecule has 0 aromatic heterocycles. The second-order valence-electron chi connectivity index (χ2n) is 5.09. The van der Waals surface area contributed by atoms with E-state index in [9.17, 15) is 0 Å². The van der Waals surface area contributed by atoms with Crippen LogP contribution in [0.1, 0.15) is 25.8 Å². The van der Waals surface area contributed by atoms with Gasteiger partial charge in [-0.25, -0.2) is 0 Å². The summed E-state index contributed by atoms with van der Waals surface area (Å²) in [5, 5.41) is 0. The fraction of sp³-hybridized carbons (Fsp3) is 0.538. The maximum Gasteiger partial charge on any atom is 0.0394 e. The fourth-order valence-electron chi connectivity index (χ4n) is 1.62. The first-order chi connectivity index (χ1) is 7.29. The molecule has 0 aliphatic carbocycles. The van der Waals surface area contributed by atoms with Crippen LogP contribution in [0.5, 0.6) is 0 Å². The molecular formula is C13H21BrN2. The summed E-state index contributed by atoms with van der Waals surface area (Å²) in [4.78, 5) is 2.26. The minimum Gasteiger partial charge on any atom is -0.374 e. The van der Waals surface area contributed by atoms with E-state index in [0.717, 1.165) is 17.4 Å². The van der Waals surface area contributed by atoms with Crippen molar-refractivity contribution in [3.8, 4) is 0 Å². The zero-order valence-corrected chi connectivity index (χ0v) is 12.1. The van der Waals surface area contributed by atoms with E-state index in [1.165, 1.54) is 11.3 Å². The third kappa shape index (κ3) is 4.14. The average molecular weight is 285 g/mol. The third-order valence-electron chi connectivity index (χ3n) is 2.66. The van der Waals surface area contributed by atoms with Crippen LogP contribution in [0.25, 0.3) is 0 Å². The number of nitrogens with two attached hydrogens (primary N) is 1. The van der Waals surface area contributed by atoms with Gasteiger partial charge in [0.2, 0.25) is 0 Å². The molecule has 0 saturated carbocycles. The van der Waals surface area contributed by atoms with E-state index in [2.05, 4.69) is 66.8 Å². The molecule has 0 bridgehead atoms. The second-order valence-corrected chi connectivity index (χ2v) is 6.01. The second kappa shape index (κ2) is 5.19. The molecule has 0 radical (unpaired) electrons. The van der Waals surface area contributed by atoms with Crippen molar-refractivity contribution in [1.29, 1.82) is 0 Å². The summed E-state index contributed by atoms with van der Waals surface area (Å²) in [6, 6.07) is 6.36. The van der Waals surface area contributed by atoms with Crippen LogP contribution in [0.2, 0.25) is 0 Å². The SMILES string of the molecule is Cc1cc(Br)ccc1N(C)CCC(C)(C)N. The molecule has 0 heterocycles. The molecule has 1 aromatic rings. The molecule has 0 aliphatic rings. The largest absolute Gasteiger partial charge is 0.374 e. The summed E-state index contributed by atoms with van der Waals surface area (Å²) in [5.74, 6) is 0. The van der Waals surface area contributed by atoms with Crippen LogP contribution in [-0.4, -0.2) is 19.1 Å². The topological polar surface area (TPSA) is 29.3 Å². The predicted octanol–water partition coefficient (Wildman–Crippen LogP) is 3.32. The maximum atomic E-state index is 5.99. The van der Waals surface area contributed by atoms with Crippen molar-refractivity contribution in [3.63, 3.8) is 0 Å². The Balaban J connectivity index is 2.70. The molecule has 1 rings (SSSR count). The lowest BCUT2D eigenvalue weighted by Gasteiger charge is -2.26. The number of hydrogen-bond acceptors (Lipinski definition) is 2. The molecule has 3 heteroatoms. The molecule has 0 saturated heterocycles. The third-order valence-corrected chi connectivity index (χ3v) is 3.15. The molecule has 2 N–H and O–H groups in total. The summed E-state index contributed by atoms with van der Waals surface area (Å²) < 4.78 is 1.13. The highest BCUT2D eigenvalue weighted by Gasteiger charge is 2.12. The summed E-state index contributed by atoms with van der Waals surface area (Å²) in [5.41, 5.74) is 8.44. The van der Waals surface area contributed by atoms with Gasteiger partial charge in [0.05, 0.1) is 0 Å². The molecule has 0 fully saturated rings. The van der Waals surface area contributed by atoms with Crippen LogP contribution in [0.4, 0.5) is 5.69 Å². The molecule has 0 amide bonds. The Labute approximate surface area is 107 Å². The molecular weight excluding hydrogens is 264 g/mol. The lowest BCUT2D eigenvalue weighted by molar-refractivity contribution is 0.479. The molecule has 2 nitrogen and oxygen atoms in total. The average Bonchev–Trinajstić information content (AvgIpc) is 2.13. The number of hydrogen-bond donors (Lipinski definition) is 1. The van der Waals surface area contributed by atoms with Gasteiger partial charge in [0.25, 0.3) is 0 Å². The van der Waals surface area contributed by atoms with Crippen molar-refractivity contribution >= 4 is 21.6 Å². The Bertz CT molecular complexity index is 355. The zero-order chi connectivity index (χ0) is 12.3. The van der Waals surface area contributed by atoms with E-state index in [-0.39, 0.29) is 5.54 Å². The van der Waals surface area contributed by atoms with Gasteiger partial charge in [-0.15, -0.1) is 0 Å². The number of halogens is 1. The van der Waals surface area contributed by atoms with Crippen LogP contribution in [-0.2, 0) is 0 Å². The minimum atomic E-state index is -0.0997. The molecule has 16 heavy (non-hydrogen) atoms. The van der Waals surface area contributed by atoms with E-state index in [1.54, 1.807) is 0 Å². The van der Waals surface area contributed by atoms with Crippen molar-refractivity contribution in [3.05, 3.63) is 28.2 Å². The Morgan fingerprint density at radius 1 is 1.38 bits per heavy atom. The van der Waals surface area contributed by atoms with Crippen molar-refractivity contribution in [2.24, 2.45) is 5.73 Å². The molecule has 90 valence electrons. The van der Waals surface area contributed by atoms with E-state index in [1.807, 2.05) is 0 Å². The smallest absolute Gasteiger partial charge is 0.0394 e. The summed E-state index contributed by atoms with van der Waals surface area (Å²) in [6.07, 6.45) is 0.985. The van der Waals surface area contributed by atoms with Crippen molar-refractivity contribution < 1.29 is 0 Å². The van der Waals surface area contributed by atoms with Gasteiger partial charge in [0.15, 0.2) is 0 Å². The van der Waals surface area contributed by atoms with E-state index < -0.39 is 0 Å². The van der Waals surface area contributed by atoms with Crippen LogP contribution in [0.3, 0.4) is 0 Å². The number of benzene rings is 1. The van der Waals surface area contributed by atoms with Crippen molar-refractivity contribution in [1.82, 2.24) is 0 Å². The van der Waals surface area contributed by atoms with Gasteiger partial charge >= 0.3 is 0 Å². The number of rotatable bonds is 4. The number of nitrogens with zero attached hydrogens (tertiary/aromatic N) is 1. The number of anilines is 1. The highest BCUT2D eigenvalue weighted by molar-refractivity contribution is 9.10. The Morgan fingerprint density at radius 3 is 2.50 bits per heavy atom. The van der Waals surface area contributed by atoms with Crippen LogP contribution in [0, 0.1) is 6.92 Å². The summed E-state index contributed by atoms with van der Waals surface area (Å²) in [6.45, 7) is 7.24. The van der Waals surface area contributed by atoms with Gasteiger partial charge in [0.1, 0.15) is 0 Å². The molecule has 0 unspecified atom stereocenters. The van der Waals surface area contributed by atoms with Gasteiger partial charge in [-0.3, -0.25) is 0 Å². The normalized spacial score (nSPS) is 11.6. The first-order valence-electron chi connectivity index (χ1n) is 5.56. The highest BCUT2D eigenvalue weighted by atomic mass is 79.9. The van der Waals surface area contributed by atoms with Crippen molar-refractivity contribution in [2.45, 2.75) is 32.7 Å². The lowest BCUT2D eigenvalue weighted by atomic mass is 10.0. The Morgan fingerprint density at radius 2 is 2.00 bits per heavy atom. The minimum absolute atomic E-state index is 0.0997. The first kappa shape index (κ1) is 13.5. The zero-order valence-electron chi connectivity index (χ0n) is 10.5. The monoisotopic (exact) mass is 284 g/mol.